The Balaban J connectivity index is 1.55. The molecule has 1 fully saturated rings. The first-order chi connectivity index (χ1) is 14.3. The van der Waals surface area contributed by atoms with E-state index in [2.05, 4.69) is 5.32 Å². The lowest BCUT2D eigenvalue weighted by molar-refractivity contribution is -0.119. The maximum Gasteiger partial charge on any atom is 0.338 e. The van der Waals surface area contributed by atoms with Crippen LogP contribution in [0.5, 0.6) is 5.75 Å². The number of methoxy groups -OCH3 is 1. The van der Waals surface area contributed by atoms with E-state index >= 15 is 0 Å². The van der Waals surface area contributed by atoms with Gasteiger partial charge in [0.05, 0.1) is 22.6 Å². The molecule has 1 heterocycles. The van der Waals surface area contributed by atoms with Crippen molar-refractivity contribution in [3.05, 3.63) is 53.1 Å². The monoisotopic (exact) mass is 452 g/mol. The minimum atomic E-state index is -3.55. The topological polar surface area (TPSA) is 102 Å². The molecule has 1 aliphatic rings. The number of nitrogens with zero attached hydrogens (tertiary/aromatic N) is 1. The number of hydrogen-bond donors (Lipinski definition) is 1. The molecule has 30 heavy (non-hydrogen) atoms. The van der Waals surface area contributed by atoms with Crippen LogP contribution in [0.3, 0.4) is 0 Å². The second-order valence-corrected chi connectivity index (χ2v) is 8.95. The maximum absolute atomic E-state index is 12.5. The Bertz CT molecular complexity index is 1030. The molecule has 0 saturated carbocycles. The van der Waals surface area contributed by atoms with E-state index < -0.39 is 28.5 Å². The summed E-state index contributed by atoms with van der Waals surface area (Å²) >= 11 is 6.00. The van der Waals surface area contributed by atoms with Gasteiger partial charge in [-0.2, -0.15) is 4.31 Å². The number of benzene rings is 2. The van der Waals surface area contributed by atoms with Crippen molar-refractivity contribution in [2.24, 2.45) is 0 Å². The molecule has 3 rings (SSSR count). The van der Waals surface area contributed by atoms with E-state index in [-0.39, 0.29) is 10.5 Å². The van der Waals surface area contributed by atoms with E-state index in [0.717, 1.165) is 12.8 Å². The smallest absolute Gasteiger partial charge is 0.338 e. The van der Waals surface area contributed by atoms with Gasteiger partial charge in [-0.05, 0) is 55.3 Å². The van der Waals surface area contributed by atoms with E-state index in [1.807, 2.05) is 0 Å². The average Bonchev–Trinajstić information content (AvgIpc) is 3.28. The Morgan fingerprint density at radius 2 is 1.77 bits per heavy atom. The molecule has 8 nitrogen and oxygen atoms in total. The maximum atomic E-state index is 12.5. The summed E-state index contributed by atoms with van der Waals surface area (Å²) < 4.78 is 36.5. The molecule has 0 spiro atoms. The Hall–Kier alpha value is -2.62. The Kier molecular flexibility index (Phi) is 6.96. The quantitative estimate of drug-likeness (QED) is 0.648. The van der Waals surface area contributed by atoms with E-state index in [9.17, 15) is 18.0 Å². The van der Waals surface area contributed by atoms with Crippen molar-refractivity contribution < 1.29 is 27.5 Å². The Morgan fingerprint density at radius 3 is 2.37 bits per heavy atom. The number of nitrogens with one attached hydrogen (secondary N) is 1. The molecule has 0 radical (unpaired) electrons. The van der Waals surface area contributed by atoms with E-state index in [1.165, 1.54) is 41.7 Å². The van der Waals surface area contributed by atoms with Gasteiger partial charge >= 0.3 is 5.97 Å². The summed E-state index contributed by atoms with van der Waals surface area (Å²) in [5.41, 5.74) is 0.578. The highest BCUT2D eigenvalue weighted by Crippen LogP contribution is 2.27. The van der Waals surface area contributed by atoms with Crippen molar-refractivity contribution in [2.45, 2.75) is 17.7 Å². The number of carbonyl (C=O) groups is 2. The molecule has 1 N–H and O–H groups in total. The first kappa shape index (κ1) is 22.1. The van der Waals surface area contributed by atoms with Gasteiger partial charge in [0.25, 0.3) is 5.91 Å². The van der Waals surface area contributed by atoms with Crippen LogP contribution in [0.4, 0.5) is 5.69 Å². The Morgan fingerprint density at radius 1 is 1.10 bits per heavy atom. The molecular formula is C20H21ClN2O6S. The van der Waals surface area contributed by atoms with Gasteiger partial charge in [0.1, 0.15) is 5.75 Å². The van der Waals surface area contributed by atoms with Crippen molar-refractivity contribution >= 4 is 39.2 Å². The molecule has 2 aromatic carbocycles. The zero-order valence-corrected chi connectivity index (χ0v) is 17.8. The summed E-state index contributed by atoms with van der Waals surface area (Å²) in [5, 5.41) is 2.89. The predicted octanol–water partition coefficient (Wildman–Crippen LogP) is 2.93. The molecule has 0 aromatic heterocycles. The predicted molar refractivity (Wildman–Crippen MR) is 111 cm³/mol. The molecule has 160 valence electrons. The van der Waals surface area contributed by atoms with Crippen LogP contribution in [0.2, 0.25) is 5.02 Å². The average molecular weight is 453 g/mol. The fourth-order valence-corrected chi connectivity index (χ4v) is 4.77. The number of carbonyl (C=O) groups excluding carboxylic acids is 2. The van der Waals surface area contributed by atoms with Crippen LogP contribution in [0.1, 0.15) is 23.2 Å². The fourth-order valence-electron chi connectivity index (χ4n) is 3.00. The van der Waals surface area contributed by atoms with Crippen LogP contribution in [0.25, 0.3) is 0 Å². The minimum Gasteiger partial charge on any atom is -0.495 e. The molecule has 0 bridgehead atoms. The summed E-state index contributed by atoms with van der Waals surface area (Å²) in [6.07, 6.45) is 1.68. The van der Waals surface area contributed by atoms with Gasteiger partial charge in [0.15, 0.2) is 6.61 Å². The highest BCUT2D eigenvalue weighted by atomic mass is 35.5. The van der Waals surface area contributed by atoms with Gasteiger partial charge in [-0.25, -0.2) is 13.2 Å². The van der Waals surface area contributed by atoms with Crippen molar-refractivity contribution in [1.82, 2.24) is 4.31 Å². The van der Waals surface area contributed by atoms with Gasteiger partial charge in [-0.15, -0.1) is 0 Å². The second kappa shape index (κ2) is 9.46. The number of rotatable bonds is 7. The third-order valence-corrected chi connectivity index (χ3v) is 6.77. The number of halogens is 1. The highest BCUT2D eigenvalue weighted by molar-refractivity contribution is 7.89. The first-order valence-electron chi connectivity index (χ1n) is 9.22. The van der Waals surface area contributed by atoms with Crippen LogP contribution in [0, 0.1) is 0 Å². The molecule has 0 unspecified atom stereocenters. The molecule has 10 heteroatoms. The van der Waals surface area contributed by atoms with Crippen LogP contribution < -0.4 is 10.1 Å². The van der Waals surface area contributed by atoms with Crippen LogP contribution in [0.15, 0.2) is 47.4 Å². The standard InChI is InChI=1S/C20H21ClN2O6S/c1-28-18-9-6-15(12-17(18)21)22-19(24)13-29-20(25)14-4-7-16(8-5-14)30(26,27)23-10-2-3-11-23/h4-9,12H,2-3,10-11,13H2,1H3,(H,22,24). The van der Waals surface area contributed by atoms with Crippen molar-refractivity contribution in [3.63, 3.8) is 0 Å². The molecular weight excluding hydrogens is 432 g/mol. The van der Waals surface area contributed by atoms with Crippen LogP contribution in [-0.4, -0.2) is 51.4 Å². The molecule has 1 aliphatic heterocycles. The van der Waals surface area contributed by atoms with Gasteiger partial charge in [-0.3, -0.25) is 4.79 Å². The number of amides is 1. The lowest BCUT2D eigenvalue weighted by Crippen LogP contribution is -2.27. The van der Waals surface area contributed by atoms with E-state index in [4.69, 9.17) is 21.1 Å². The largest absolute Gasteiger partial charge is 0.495 e. The number of sulfonamides is 1. The highest BCUT2D eigenvalue weighted by Gasteiger charge is 2.27. The third kappa shape index (κ3) is 5.10. The molecule has 0 aliphatic carbocycles. The lowest BCUT2D eigenvalue weighted by Gasteiger charge is -2.15. The van der Waals surface area contributed by atoms with Gasteiger partial charge in [0.2, 0.25) is 10.0 Å². The summed E-state index contributed by atoms with van der Waals surface area (Å²) in [4.78, 5) is 24.3. The van der Waals surface area contributed by atoms with Gasteiger partial charge < -0.3 is 14.8 Å². The summed E-state index contributed by atoms with van der Waals surface area (Å²) in [6, 6.07) is 10.2. The third-order valence-electron chi connectivity index (χ3n) is 4.56. The van der Waals surface area contributed by atoms with E-state index in [1.54, 1.807) is 12.1 Å². The lowest BCUT2D eigenvalue weighted by atomic mass is 10.2. The number of anilines is 1. The van der Waals surface area contributed by atoms with Gasteiger partial charge in [0, 0.05) is 18.8 Å². The molecule has 2 aromatic rings. The van der Waals surface area contributed by atoms with Crippen molar-refractivity contribution in [1.29, 1.82) is 0 Å². The molecule has 1 saturated heterocycles. The normalized spacial score (nSPS) is 14.3. The summed E-state index contributed by atoms with van der Waals surface area (Å²) in [5.74, 6) is -0.808. The summed E-state index contributed by atoms with van der Waals surface area (Å²) in [7, 11) is -2.07. The molecule has 0 atom stereocenters. The van der Waals surface area contributed by atoms with Crippen LogP contribution >= 0.6 is 11.6 Å². The van der Waals surface area contributed by atoms with E-state index in [0.29, 0.717) is 29.5 Å². The van der Waals surface area contributed by atoms with Crippen molar-refractivity contribution in [3.8, 4) is 5.75 Å². The second-order valence-electron chi connectivity index (χ2n) is 6.61. The number of esters is 1. The zero-order chi connectivity index (χ0) is 21.7. The summed E-state index contributed by atoms with van der Waals surface area (Å²) in [6.45, 7) is 0.498. The first-order valence-corrected chi connectivity index (χ1v) is 11.0. The fraction of sp³-hybridized carbons (Fsp3) is 0.300. The Labute approximate surface area is 179 Å². The minimum absolute atomic E-state index is 0.120. The SMILES string of the molecule is COc1ccc(NC(=O)COC(=O)c2ccc(S(=O)(=O)N3CCCC3)cc2)cc1Cl. The zero-order valence-electron chi connectivity index (χ0n) is 16.3. The van der Waals surface area contributed by atoms with Gasteiger partial charge in [-0.1, -0.05) is 11.6 Å². The number of hydrogen-bond acceptors (Lipinski definition) is 6. The van der Waals surface area contributed by atoms with Crippen molar-refractivity contribution in [2.75, 3.05) is 32.1 Å². The number of ether oxygens (including phenoxy) is 2. The molecule has 1 amide bonds. The van der Waals surface area contributed by atoms with Crippen LogP contribution in [-0.2, 0) is 19.6 Å².